The van der Waals surface area contributed by atoms with Crippen LogP contribution in [-0.4, -0.2) is 0 Å². The fourth-order valence-corrected chi connectivity index (χ4v) is 11.0. The van der Waals surface area contributed by atoms with E-state index in [1.165, 1.54) is 77.5 Å². The van der Waals surface area contributed by atoms with Gasteiger partial charge in [-0.25, -0.2) is 0 Å². The standard InChI is InChI=1S/C63H41NO/c1-2-14-42(15-3-1)43-27-32-48(33-28-43)64(49-34-29-44(30-35-49)46-17-12-18-47(40-46)61-26-13-39-65-61)50-36-38-59-56(41-50)53-21-7-6-20-52(53)54-22-8-10-24-57(54)63(59)58-25-11-9-23-55(58)62-51-19-5-4-16-45(51)31-37-60(62)63/h1-41H. The molecular formula is C63H41NO. The van der Waals surface area contributed by atoms with Crippen LogP contribution in [0.25, 0.3) is 77.7 Å². The first-order valence-electron chi connectivity index (χ1n) is 22.4. The Morgan fingerprint density at radius 1 is 0.308 bits per heavy atom. The molecule has 1 aromatic heterocycles. The molecule has 1 atom stereocenters. The van der Waals surface area contributed by atoms with Gasteiger partial charge in [0.05, 0.1) is 11.7 Å². The van der Waals surface area contributed by atoms with Crippen LogP contribution >= 0.6 is 0 Å². The van der Waals surface area contributed by atoms with Crippen LogP contribution in [0.5, 0.6) is 0 Å². The molecule has 13 rings (SSSR count). The van der Waals surface area contributed by atoms with Gasteiger partial charge in [-0.05, 0) is 143 Å². The Kier molecular flexibility index (Phi) is 8.47. The summed E-state index contributed by atoms with van der Waals surface area (Å²) >= 11 is 0. The molecule has 1 heterocycles. The highest BCUT2D eigenvalue weighted by Crippen LogP contribution is 2.63. The van der Waals surface area contributed by atoms with Gasteiger partial charge in [0, 0.05) is 22.6 Å². The second-order valence-corrected chi connectivity index (χ2v) is 17.2. The Bertz CT molecular complexity index is 3590. The lowest BCUT2D eigenvalue weighted by atomic mass is 9.65. The zero-order chi connectivity index (χ0) is 42.9. The highest BCUT2D eigenvalue weighted by atomic mass is 16.3. The van der Waals surface area contributed by atoms with E-state index >= 15 is 0 Å². The molecule has 304 valence electrons. The first-order valence-corrected chi connectivity index (χ1v) is 22.4. The predicted molar refractivity (Wildman–Crippen MR) is 269 cm³/mol. The monoisotopic (exact) mass is 827 g/mol. The van der Waals surface area contributed by atoms with Crippen LogP contribution in [-0.2, 0) is 5.41 Å². The van der Waals surface area contributed by atoms with Crippen molar-refractivity contribution in [1.82, 2.24) is 0 Å². The molecule has 2 nitrogen and oxygen atoms in total. The van der Waals surface area contributed by atoms with E-state index < -0.39 is 5.41 Å². The molecule has 0 saturated carbocycles. The van der Waals surface area contributed by atoms with E-state index in [0.29, 0.717) is 0 Å². The average molecular weight is 828 g/mol. The van der Waals surface area contributed by atoms with Crippen molar-refractivity contribution in [3.63, 3.8) is 0 Å². The first kappa shape index (κ1) is 37.1. The predicted octanol–water partition coefficient (Wildman–Crippen LogP) is 16.9. The topological polar surface area (TPSA) is 16.4 Å². The van der Waals surface area contributed by atoms with Gasteiger partial charge in [-0.3, -0.25) is 0 Å². The smallest absolute Gasteiger partial charge is 0.133 e. The lowest BCUT2D eigenvalue weighted by Gasteiger charge is -2.36. The summed E-state index contributed by atoms with van der Waals surface area (Å²) in [6.45, 7) is 0. The SMILES string of the molecule is c1ccc(-c2ccc(N(c3ccc(-c4cccc(-c5ccco5)c4)cc3)c3ccc4c(c3)-c3ccccc3-c3ccccc3C43c4ccccc4-c4c3ccc3ccccc43)cc2)cc1. The first-order chi connectivity index (χ1) is 32.2. The van der Waals surface area contributed by atoms with E-state index in [0.717, 1.165) is 39.5 Å². The van der Waals surface area contributed by atoms with Crippen LogP contribution in [0.15, 0.2) is 253 Å². The third-order valence-electron chi connectivity index (χ3n) is 13.8. The number of anilines is 3. The number of furan rings is 1. The van der Waals surface area contributed by atoms with E-state index in [1.54, 1.807) is 6.26 Å². The van der Waals surface area contributed by atoms with Crippen LogP contribution in [0.1, 0.15) is 22.3 Å². The molecule has 2 aliphatic carbocycles. The van der Waals surface area contributed by atoms with Crippen molar-refractivity contribution in [3.8, 4) is 67.0 Å². The Morgan fingerprint density at radius 2 is 0.846 bits per heavy atom. The molecule has 2 heteroatoms. The molecule has 0 fully saturated rings. The van der Waals surface area contributed by atoms with Crippen LogP contribution in [0.4, 0.5) is 17.1 Å². The molecule has 10 aromatic carbocycles. The fraction of sp³-hybridized carbons (Fsp3) is 0.0159. The molecule has 11 aromatic rings. The number of benzene rings is 10. The highest BCUT2D eigenvalue weighted by molar-refractivity contribution is 6.06. The number of hydrogen-bond donors (Lipinski definition) is 0. The van der Waals surface area contributed by atoms with Gasteiger partial charge in [0.1, 0.15) is 5.76 Å². The molecule has 65 heavy (non-hydrogen) atoms. The molecule has 0 bridgehead atoms. The highest BCUT2D eigenvalue weighted by Gasteiger charge is 2.50. The molecule has 0 aliphatic heterocycles. The van der Waals surface area contributed by atoms with Gasteiger partial charge < -0.3 is 9.32 Å². The second kappa shape index (κ2) is 14.8. The molecule has 1 spiro atoms. The summed E-state index contributed by atoms with van der Waals surface area (Å²) in [5.74, 6) is 0.862. The Labute approximate surface area is 379 Å². The van der Waals surface area contributed by atoms with Crippen molar-refractivity contribution in [3.05, 3.63) is 271 Å². The van der Waals surface area contributed by atoms with Crippen molar-refractivity contribution in [2.75, 3.05) is 4.90 Å². The largest absolute Gasteiger partial charge is 0.464 e. The van der Waals surface area contributed by atoms with Crippen LogP contribution in [0, 0.1) is 0 Å². The van der Waals surface area contributed by atoms with E-state index in [2.05, 4.69) is 235 Å². The summed E-state index contributed by atoms with van der Waals surface area (Å²) in [6, 6.07) is 89.3. The summed E-state index contributed by atoms with van der Waals surface area (Å²) in [7, 11) is 0. The van der Waals surface area contributed by atoms with Gasteiger partial charge in [0.15, 0.2) is 0 Å². The van der Waals surface area contributed by atoms with E-state index in [4.69, 9.17) is 4.42 Å². The average Bonchev–Trinajstić information content (AvgIpc) is 4.01. The maximum atomic E-state index is 5.76. The maximum Gasteiger partial charge on any atom is 0.133 e. The molecule has 0 amide bonds. The molecule has 0 saturated heterocycles. The Hall–Kier alpha value is -8.46. The summed E-state index contributed by atoms with van der Waals surface area (Å²) in [5.41, 5.74) is 21.2. The van der Waals surface area contributed by atoms with Gasteiger partial charge in [-0.2, -0.15) is 0 Å². The summed E-state index contributed by atoms with van der Waals surface area (Å²) < 4.78 is 5.76. The lowest BCUT2D eigenvalue weighted by molar-refractivity contribution is 0.582. The second-order valence-electron chi connectivity index (χ2n) is 17.2. The van der Waals surface area contributed by atoms with Crippen molar-refractivity contribution in [2.45, 2.75) is 5.41 Å². The summed E-state index contributed by atoms with van der Waals surface area (Å²) in [4.78, 5) is 2.41. The third kappa shape index (κ3) is 5.74. The van der Waals surface area contributed by atoms with Gasteiger partial charge in [-0.15, -0.1) is 0 Å². The zero-order valence-electron chi connectivity index (χ0n) is 35.5. The van der Waals surface area contributed by atoms with Gasteiger partial charge in [0.25, 0.3) is 0 Å². The van der Waals surface area contributed by atoms with Crippen LogP contribution in [0.3, 0.4) is 0 Å². The van der Waals surface area contributed by atoms with Gasteiger partial charge in [0.2, 0.25) is 0 Å². The quantitative estimate of drug-likeness (QED) is 0.166. The Balaban J connectivity index is 1.04. The molecule has 1 unspecified atom stereocenters. The molecule has 0 radical (unpaired) electrons. The summed E-state index contributed by atoms with van der Waals surface area (Å²) in [6.07, 6.45) is 1.73. The minimum absolute atomic E-state index is 0.576. The van der Waals surface area contributed by atoms with Crippen LogP contribution in [0.2, 0.25) is 0 Å². The van der Waals surface area contributed by atoms with E-state index in [9.17, 15) is 0 Å². The van der Waals surface area contributed by atoms with Crippen molar-refractivity contribution in [1.29, 1.82) is 0 Å². The normalized spacial score (nSPS) is 14.2. The lowest BCUT2D eigenvalue weighted by Crippen LogP contribution is -2.29. The summed E-state index contributed by atoms with van der Waals surface area (Å²) in [5, 5.41) is 2.54. The number of nitrogens with zero attached hydrogens (tertiary/aromatic N) is 1. The number of hydrogen-bond acceptors (Lipinski definition) is 2. The number of fused-ring (bicyclic) bond motifs is 14. The maximum absolute atomic E-state index is 5.76. The third-order valence-corrected chi connectivity index (χ3v) is 13.8. The van der Waals surface area contributed by atoms with Crippen LogP contribution < -0.4 is 4.90 Å². The van der Waals surface area contributed by atoms with Crippen molar-refractivity contribution < 1.29 is 4.42 Å². The van der Waals surface area contributed by atoms with Crippen molar-refractivity contribution >= 4 is 27.8 Å². The minimum atomic E-state index is -0.576. The van der Waals surface area contributed by atoms with E-state index in [1.807, 2.05) is 12.1 Å². The fourth-order valence-electron chi connectivity index (χ4n) is 11.0. The number of rotatable bonds is 6. The molecule has 0 N–H and O–H groups in total. The van der Waals surface area contributed by atoms with E-state index in [-0.39, 0.29) is 0 Å². The minimum Gasteiger partial charge on any atom is -0.464 e. The van der Waals surface area contributed by atoms with Gasteiger partial charge in [-0.1, -0.05) is 188 Å². The van der Waals surface area contributed by atoms with Gasteiger partial charge >= 0.3 is 0 Å². The zero-order valence-corrected chi connectivity index (χ0v) is 35.5. The molecular weight excluding hydrogens is 787 g/mol. The molecule has 2 aliphatic rings. The Morgan fingerprint density at radius 3 is 1.58 bits per heavy atom. The van der Waals surface area contributed by atoms with Crippen molar-refractivity contribution in [2.24, 2.45) is 0 Å².